The summed E-state index contributed by atoms with van der Waals surface area (Å²) in [6.07, 6.45) is 2.42. The summed E-state index contributed by atoms with van der Waals surface area (Å²) in [5.41, 5.74) is 1.58. The van der Waals surface area contributed by atoms with Crippen LogP contribution in [0, 0.1) is 0 Å². The second-order valence-electron chi connectivity index (χ2n) is 5.18. The molecule has 1 heterocycles. The van der Waals surface area contributed by atoms with Crippen molar-refractivity contribution in [2.75, 3.05) is 0 Å². The summed E-state index contributed by atoms with van der Waals surface area (Å²) in [6, 6.07) is 0. The van der Waals surface area contributed by atoms with Crippen molar-refractivity contribution in [1.82, 2.24) is 9.97 Å². The van der Waals surface area contributed by atoms with Crippen LogP contribution in [-0.2, 0) is 0 Å². The molecule has 14 heavy (non-hydrogen) atoms. The Hall–Kier alpha value is -0.903. The van der Waals surface area contributed by atoms with Gasteiger partial charge in [-0.3, -0.25) is 4.79 Å². The minimum Gasteiger partial charge on any atom is -0.344 e. The number of imidazole rings is 1. The van der Waals surface area contributed by atoms with Crippen LogP contribution in [0.1, 0.15) is 31.3 Å². The van der Waals surface area contributed by atoms with E-state index in [4.69, 9.17) is 0 Å². The predicted octanol–water partition coefficient (Wildman–Crippen LogP) is 1.94. The molecule has 0 aromatic carbocycles. The average molecular weight is 210 g/mol. The van der Waals surface area contributed by atoms with Crippen LogP contribution < -0.4 is 5.45 Å². The monoisotopic (exact) mass is 210 g/mol. The van der Waals surface area contributed by atoms with E-state index in [-0.39, 0.29) is 5.04 Å². The van der Waals surface area contributed by atoms with Gasteiger partial charge in [0, 0.05) is 0 Å². The maximum atomic E-state index is 10.5. The second kappa shape index (κ2) is 3.35. The molecule has 4 heteroatoms. The van der Waals surface area contributed by atoms with E-state index >= 15 is 0 Å². The molecule has 0 bridgehead atoms. The van der Waals surface area contributed by atoms with Gasteiger partial charge in [0.05, 0.1) is 17.3 Å². The lowest BCUT2D eigenvalue weighted by Gasteiger charge is -2.34. The van der Waals surface area contributed by atoms with Crippen molar-refractivity contribution in [2.45, 2.75) is 38.9 Å². The molecule has 0 aliphatic carbocycles. The average Bonchev–Trinajstić information content (AvgIpc) is 2.49. The number of hydrogen-bond acceptors (Lipinski definition) is 2. The minimum absolute atomic E-state index is 0.241. The molecule has 0 saturated carbocycles. The summed E-state index contributed by atoms with van der Waals surface area (Å²) in [5, 5.41) is 0.241. The van der Waals surface area contributed by atoms with Crippen molar-refractivity contribution < 1.29 is 4.79 Å². The Labute approximate surface area is 86.0 Å². The van der Waals surface area contributed by atoms with Gasteiger partial charge < -0.3 is 4.98 Å². The van der Waals surface area contributed by atoms with Crippen molar-refractivity contribution in [1.29, 1.82) is 0 Å². The summed E-state index contributed by atoms with van der Waals surface area (Å²) in [6.45, 7) is 11.2. The zero-order chi connectivity index (χ0) is 11.0. The Bertz CT molecular complexity index is 336. The van der Waals surface area contributed by atoms with Gasteiger partial charge in [0.25, 0.3) is 0 Å². The Morgan fingerprint density at radius 3 is 2.36 bits per heavy atom. The first kappa shape index (κ1) is 11.2. The van der Waals surface area contributed by atoms with Crippen molar-refractivity contribution in [3.63, 3.8) is 0 Å². The molecule has 78 valence electrons. The number of H-pyrrole nitrogens is 1. The van der Waals surface area contributed by atoms with Crippen LogP contribution in [0.3, 0.4) is 0 Å². The van der Waals surface area contributed by atoms with E-state index in [2.05, 4.69) is 43.8 Å². The van der Waals surface area contributed by atoms with Crippen LogP contribution in [0.4, 0.5) is 0 Å². The third-order valence-electron chi connectivity index (χ3n) is 3.19. The molecule has 1 aromatic heterocycles. The molecule has 0 spiro atoms. The number of nitrogens with zero attached hydrogens (tertiary/aromatic N) is 1. The van der Waals surface area contributed by atoms with Crippen LogP contribution in [-0.4, -0.2) is 24.3 Å². The fourth-order valence-corrected chi connectivity index (χ4v) is 2.62. The van der Waals surface area contributed by atoms with E-state index in [1.54, 1.807) is 6.20 Å². The fraction of sp³-hybridized carbons (Fsp3) is 0.600. The molecular weight excluding hydrogens is 192 g/mol. The number of aromatic amines is 1. The molecule has 0 aliphatic heterocycles. The first-order chi connectivity index (χ1) is 6.29. The highest BCUT2D eigenvalue weighted by atomic mass is 28.3. The van der Waals surface area contributed by atoms with E-state index < -0.39 is 8.07 Å². The Morgan fingerprint density at radius 2 is 2.00 bits per heavy atom. The SMILES string of the molecule is CC(C)(C)[Si](C)(C)c1ncc(C=O)[nH]1. The lowest BCUT2D eigenvalue weighted by Crippen LogP contribution is -2.51. The molecule has 0 amide bonds. The topological polar surface area (TPSA) is 45.8 Å². The van der Waals surface area contributed by atoms with Gasteiger partial charge in [0.1, 0.15) is 8.07 Å². The summed E-state index contributed by atoms with van der Waals surface area (Å²) in [7, 11) is -1.60. The van der Waals surface area contributed by atoms with Gasteiger partial charge in [0.15, 0.2) is 6.29 Å². The Morgan fingerprint density at radius 1 is 1.43 bits per heavy atom. The molecule has 0 saturated heterocycles. The van der Waals surface area contributed by atoms with E-state index in [1.165, 1.54) is 0 Å². The lowest BCUT2D eigenvalue weighted by molar-refractivity contribution is 0.111. The highest BCUT2D eigenvalue weighted by molar-refractivity contribution is 6.90. The van der Waals surface area contributed by atoms with Crippen molar-refractivity contribution in [3.8, 4) is 0 Å². The number of aromatic nitrogens is 2. The van der Waals surface area contributed by atoms with Crippen molar-refractivity contribution >= 4 is 19.8 Å². The van der Waals surface area contributed by atoms with E-state index in [0.29, 0.717) is 5.69 Å². The molecule has 1 N–H and O–H groups in total. The zero-order valence-corrected chi connectivity index (χ0v) is 10.5. The van der Waals surface area contributed by atoms with Crippen LogP contribution in [0.5, 0.6) is 0 Å². The van der Waals surface area contributed by atoms with Crippen molar-refractivity contribution in [3.05, 3.63) is 11.9 Å². The quantitative estimate of drug-likeness (QED) is 0.599. The van der Waals surface area contributed by atoms with Crippen molar-refractivity contribution in [2.24, 2.45) is 0 Å². The summed E-state index contributed by atoms with van der Waals surface area (Å²) < 4.78 is 0. The van der Waals surface area contributed by atoms with E-state index in [9.17, 15) is 4.79 Å². The second-order valence-corrected chi connectivity index (χ2v) is 10.4. The molecule has 0 fully saturated rings. The third kappa shape index (κ3) is 1.80. The maximum absolute atomic E-state index is 10.5. The molecule has 1 rings (SSSR count). The number of hydrogen-bond donors (Lipinski definition) is 1. The standard InChI is InChI=1S/C10H18N2OSi/c1-10(2,3)14(4,5)9-11-6-8(7-13)12-9/h6-7H,1-5H3,(H,11,12). The van der Waals surface area contributed by atoms with Gasteiger partial charge in [-0.2, -0.15) is 0 Å². The van der Waals surface area contributed by atoms with Crippen LogP contribution in [0.25, 0.3) is 0 Å². The van der Waals surface area contributed by atoms with Gasteiger partial charge in [-0.1, -0.05) is 33.9 Å². The molecule has 0 unspecified atom stereocenters. The third-order valence-corrected chi connectivity index (χ3v) is 8.38. The zero-order valence-electron chi connectivity index (χ0n) is 9.51. The molecule has 0 radical (unpaired) electrons. The smallest absolute Gasteiger partial charge is 0.167 e. The predicted molar refractivity (Wildman–Crippen MR) is 60.8 cm³/mol. The van der Waals surface area contributed by atoms with E-state index in [1.807, 2.05) is 0 Å². The van der Waals surface area contributed by atoms with Gasteiger partial charge >= 0.3 is 0 Å². The lowest BCUT2D eigenvalue weighted by atomic mass is 10.2. The largest absolute Gasteiger partial charge is 0.344 e. The highest BCUT2D eigenvalue weighted by Gasteiger charge is 2.39. The molecule has 1 aromatic rings. The maximum Gasteiger partial charge on any atom is 0.167 e. The normalized spacial score (nSPS) is 12.9. The number of aldehydes is 1. The van der Waals surface area contributed by atoms with E-state index in [0.717, 1.165) is 11.7 Å². The van der Waals surface area contributed by atoms with Gasteiger partial charge in [0.2, 0.25) is 0 Å². The first-order valence-electron chi connectivity index (χ1n) is 4.79. The summed E-state index contributed by atoms with van der Waals surface area (Å²) in [4.78, 5) is 17.9. The van der Waals surface area contributed by atoms with Crippen LogP contribution in [0.15, 0.2) is 6.20 Å². The van der Waals surface area contributed by atoms with Gasteiger partial charge in [-0.05, 0) is 5.04 Å². The number of carbonyl (C=O) groups excluding carboxylic acids is 1. The highest BCUT2D eigenvalue weighted by Crippen LogP contribution is 2.34. The Kier molecular flexibility index (Phi) is 2.67. The number of rotatable bonds is 2. The summed E-state index contributed by atoms with van der Waals surface area (Å²) >= 11 is 0. The molecule has 3 nitrogen and oxygen atoms in total. The van der Waals surface area contributed by atoms with Gasteiger partial charge in [-0.25, -0.2) is 4.98 Å². The Balaban J connectivity index is 3.09. The molecular formula is C10H18N2OSi. The molecule has 0 atom stereocenters. The fourth-order valence-electron chi connectivity index (χ4n) is 1.07. The van der Waals surface area contributed by atoms with Crippen LogP contribution >= 0.6 is 0 Å². The van der Waals surface area contributed by atoms with Gasteiger partial charge in [-0.15, -0.1) is 0 Å². The first-order valence-corrected chi connectivity index (χ1v) is 7.79. The number of nitrogens with one attached hydrogen (secondary N) is 1. The molecule has 0 aliphatic rings. The summed E-state index contributed by atoms with van der Waals surface area (Å²) in [5.74, 6) is 0. The minimum atomic E-state index is -1.60. The van der Waals surface area contributed by atoms with Crippen LogP contribution in [0.2, 0.25) is 18.1 Å². The number of carbonyl (C=O) groups is 1.